The molecule has 140 valence electrons. The van der Waals surface area contributed by atoms with Crippen LogP contribution < -0.4 is 10.7 Å². The Kier molecular flexibility index (Phi) is 5.99. The number of carboxylic acids is 1. The van der Waals surface area contributed by atoms with Gasteiger partial charge in [0.25, 0.3) is 0 Å². The molecule has 0 bridgehead atoms. The summed E-state index contributed by atoms with van der Waals surface area (Å²) in [5.41, 5.74) is -0.132. The normalized spacial score (nSPS) is 11.3. The minimum Gasteiger partial charge on any atom is -0.477 e. The number of carbonyl (C=O) groups is 2. The van der Waals surface area contributed by atoms with Crippen LogP contribution in [-0.4, -0.2) is 40.9 Å². The molecule has 1 aromatic heterocycles. The van der Waals surface area contributed by atoms with Crippen LogP contribution in [0.4, 0.5) is 4.79 Å². The number of hydrogen-bond donors (Lipinski definition) is 3. The first-order valence-corrected chi connectivity index (χ1v) is 8.09. The van der Waals surface area contributed by atoms with Gasteiger partial charge in [-0.1, -0.05) is 6.07 Å². The molecule has 8 heteroatoms. The largest absolute Gasteiger partial charge is 0.477 e. The molecule has 2 rings (SSSR count). The predicted molar refractivity (Wildman–Crippen MR) is 95.4 cm³/mol. The molecule has 26 heavy (non-hydrogen) atoms. The molecule has 1 aromatic carbocycles. The van der Waals surface area contributed by atoms with Crippen molar-refractivity contribution in [1.29, 1.82) is 0 Å². The zero-order valence-electron chi connectivity index (χ0n) is 14.9. The number of H-pyrrole nitrogens is 1. The van der Waals surface area contributed by atoms with Crippen molar-refractivity contribution in [1.82, 2.24) is 10.3 Å². The minimum atomic E-state index is -1.27. The van der Waals surface area contributed by atoms with Gasteiger partial charge in [-0.05, 0) is 38.5 Å². The van der Waals surface area contributed by atoms with Crippen molar-refractivity contribution >= 4 is 23.0 Å². The monoisotopic (exact) mass is 362 g/mol. The third-order valence-corrected chi connectivity index (χ3v) is 3.36. The number of nitrogens with one attached hydrogen (secondary N) is 2. The average molecular weight is 362 g/mol. The van der Waals surface area contributed by atoms with E-state index in [0.717, 1.165) is 5.56 Å². The van der Waals surface area contributed by atoms with Gasteiger partial charge in [-0.3, -0.25) is 4.79 Å². The lowest BCUT2D eigenvalue weighted by atomic mass is 10.1. The Morgan fingerprint density at radius 3 is 2.65 bits per heavy atom. The highest BCUT2D eigenvalue weighted by atomic mass is 16.6. The summed E-state index contributed by atoms with van der Waals surface area (Å²) < 4.78 is 10.6. The maximum Gasteiger partial charge on any atom is 0.407 e. The summed E-state index contributed by atoms with van der Waals surface area (Å²) in [7, 11) is 0. The number of amides is 1. The maximum absolute atomic E-state index is 12.2. The Hall–Kier alpha value is -2.87. The lowest BCUT2D eigenvalue weighted by Gasteiger charge is -2.19. The topological polar surface area (TPSA) is 118 Å². The Bertz CT molecular complexity index is 866. The van der Waals surface area contributed by atoms with Crippen molar-refractivity contribution in [3.05, 3.63) is 45.7 Å². The number of carbonyl (C=O) groups excluding carboxylic acids is 1. The summed E-state index contributed by atoms with van der Waals surface area (Å²) >= 11 is 0. The molecule has 0 spiro atoms. The van der Waals surface area contributed by atoms with Crippen LogP contribution >= 0.6 is 0 Å². The number of ether oxygens (including phenoxy) is 2. The van der Waals surface area contributed by atoms with Crippen LogP contribution in [0.15, 0.2) is 29.2 Å². The van der Waals surface area contributed by atoms with Gasteiger partial charge in [0.2, 0.25) is 5.43 Å². The van der Waals surface area contributed by atoms with E-state index in [9.17, 15) is 14.4 Å². The number of carboxylic acid groups (broad SMARTS) is 1. The van der Waals surface area contributed by atoms with Crippen molar-refractivity contribution in [2.24, 2.45) is 0 Å². The van der Waals surface area contributed by atoms with Gasteiger partial charge in [-0.25, -0.2) is 9.59 Å². The maximum atomic E-state index is 12.2. The molecule has 0 aliphatic heterocycles. The second-order valence-corrected chi connectivity index (χ2v) is 6.70. The van der Waals surface area contributed by atoms with Crippen molar-refractivity contribution in [2.45, 2.75) is 33.0 Å². The van der Waals surface area contributed by atoms with E-state index in [-0.39, 0.29) is 30.7 Å². The SMILES string of the molecule is CC(C)(C)OC(=O)NCCOCc1ccc2[nH]cc(C(=O)O)c(=O)c2c1. The third-order valence-electron chi connectivity index (χ3n) is 3.36. The second kappa shape index (κ2) is 8.01. The Labute approximate surface area is 150 Å². The summed E-state index contributed by atoms with van der Waals surface area (Å²) in [5.74, 6) is -1.27. The van der Waals surface area contributed by atoms with Gasteiger partial charge < -0.3 is 24.9 Å². The Balaban J connectivity index is 1.91. The Morgan fingerprint density at radius 1 is 1.27 bits per heavy atom. The average Bonchev–Trinajstić information content (AvgIpc) is 2.53. The molecule has 8 nitrogen and oxygen atoms in total. The number of rotatable bonds is 6. The van der Waals surface area contributed by atoms with E-state index in [1.54, 1.807) is 39.0 Å². The molecule has 2 aromatic rings. The summed E-state index contributed by atoms with van der Waals surface area (Å²) in [6.07, 6.45) is 0.672. The van der Waals surface area contributed by atoms with Gasteiger partial charge >= 0.3 is 12.1 Å². The molecular formula is C18H22N2O6. The van der Waals surface area contributed by atoms with Crippen molar-refractivity contribution < 1.29 is 24.2 Å². The number of aromatic carboxylic acids is 1. The smallest absolute Gasteiger partial charge is 0.407 e. The van der Waals surface area contributed by atoms with Crippen LogP contribution in [0.25, 0.3) is 10.9 Å². The lowest BCUT2D eigenvalue weighted by molar-refractivity contribution is 0.0493. The first-order chi connectivity index (χ1) is 12.2. The summed E-state index contributed by atoms with van der Waals surface area (Å²) in [6, 6.07) is 5.07. The Morgan fingerprint density at radius 2 is 2.00 bits per heavy atom. The number of hydrogen-bond acceptors (Lipinski definition) is 5. The van der Waals surface area contributed by atoms with E-state index in [0.29, 0.717) is 5.52 Å². The standard InChI is InChI=1S/C18H22N2O6/c1-18(2,3)26-17(24)19-6-7-25-10-11-4-5-14-12(8-11)15(21)13(9-20-14)16(22)23/h4-5,8-9H,6-7,10H2,1-3H3,(H,19,24)(H,20,21)(H,22,23). The number of alkyl carbamates (subject to hydrolysis) is 1. The third kappa shape index (κ3) is 5.32. The molecule has 0 saturated heterocycles. The second-order valence-electron chi connectivity index (χ2n) is 6.70. The molecule has 0 fully saturated rings. The number of benzene rings is 1. The fourth-order valence-electron chi connectivity index (χ4n) is 2.24. The molecular weight excluding hydrogens is 340 g/mol. The highest BCUT2D eigenvalue weighted by Crippen LogP contribution is 2.12. The van der Waals surface area contributed by atoms with Gasteiger partial charge in [-0.2, -0.15) is 0 Å². The van der Waals surface area contributed by atoms with E-state index >= 15 is 0 Å². The van der Waals surface area contributed by atoms with Crippen LogP contribution in [0.1, 0.15) is 36.7 Å². The van der Waals surface area contributed by atoms with Crippen LogP contribution in [0.5, 0.6) is 0 Å². The van der Waals surface area contributed by atoms with Gasteiger partial charge in [-0.15, -0.1) is 0 Å². The van der Waals surface area contributed by atoms with Crippen molar-refractivity contribution in [3.63, 3.8) is 0 Å². The van der Waals surface area contributed by atoms with Gasteiger partial charge in [0.15, 0.2) is 0 Å². The summed E-state index contributed by atoms with van der Waals surface area (Å²) in [4.78, 5) is 37.5. The van der Waals surface area contributed by atoms with E-state index in [4.69, 9.17) is 14.6 Å². The first kappa shape index (κ1) is 19.5. The van der Waals surface area contributed by atoms with Crippen LogP contribution in [-0.2, 0) is 16.1 Å². The summed E-state index contributed by atoms with van der Waals surface area (Å²) in [6.45, 7) is 6.11. The molecule has 1 heterocycles. The first-order valence-electron chi connectivity index (χ1n) is 8.09. The number of pyridine rings is 1. The van der Waals surface area contributed by atoms with Crippen molar-refractivity contribution in [3.8, 4) is 0 Å². The number of aromatic nitrogens is 1. The van der Waals surface area contributed by atoms with E-state index < -0.39 is 23.1 Å². The fourth-order valence-corrected chi connectivity index (χ4v) is 2.24. The highest BCUT2D eigenvalue weighted by Gasteiger charge is 2.15. The fraction of sp³-hybridized carbons (Fsp3) is 0.389. The molecule has 0 aliphatic rings. The van der Waals surface area contributed by atoms with Crippen LogP contribution in [0, 0.1) is 0 Å². The van der Waals surface area contributed by atoms with Crippen LogP contribution in [0.3, 0.4) is 0 Å². The highest BCUT2D eigenvalue weighted by molar-refractivity contribution is 5.92. The van der Waals surface area contributed by atoms with Crippen molar-refractivity contribution in [2.75, 3.05) is 13.2 Å². The number of aromatic amines is 1. The zero-order valence-corrected chi connectivity index (χ0v) is 14.9. The molecule has 0 saturated carbocycles. The van der Waals surface area contributed by atoms with E-state index in [2.05, 4.69) is 10.3 Å². The summed E-state index contributed by atoms with van der Waals surface area (Å²) in [5, 5.41) is 11.9. The molecule has 0 atom stereocenters. The van der Waals surface area contributed by atoms with Gasteiger partial charge in [0.1, 0.15) is 11.2 Å². The molecule has 0 radical (unpaired) electrons. The van der Waals surface area contributed by atoms with E-state index in [1.165, 1.54) is 6.20 Å². The molecule has 0 aliphatic carbocycles. The molecule has 3 N–H and O–H groups in total. The van der Waals surface area contributed by atoms with Crippen LogP contribution in [0.2, 0.25) is 0 Å². The van der Waals surface area contributed by atoms with Gasteiger partial charge in [0.05, 0.1) is 13.2 Å². The minimum absolute atomic E-state index is 0.225. The lowest BCUT2D eigenvalue weighted by Crippen LogP contribution is -2.34. The quantitative estimate of drug-likeness (QED) is 0.679. The van der Waals surface area contributed by atoms with E-state index in [1.807, 2.05) is 0 Å². The predicted octanol–water partition coefficient (Wildman–Crippen LogP) is 2.27. The zero-order chi connectivity index (χ0) is 19.3. The van der Waals surface area contributed by atoms with Gasteiger partial charge in [0, 0.05) is 23.6 Å². The number of fused-ring (bicyclic) bond motifs is 1. The molecule has 0 unspecified atom stereocenters. The molecule has 1 amide bonds.